The van der Waals surface area contributed by atoms with Crippen LogP contribution >= 0.6 is 0 Å². The van der Waals surface area contributed by atoms with Crippen LogP contribution in [0.1, 0.15) is 96.8 Å². The largest absolute Gasteiger partial charge is 1.00 e. The number of aliphatic carboxylic acids is 1. The first-order valence-electron chi connectivity index (χ1n) is 10.3. The molecule has 0 aromatic heterocycles. The summed E-state index contributed by atoms with van der Waals surface area (Å²) in [6.07, 6.45) is 6.15. The minimum Gasteiger partial charge on any atom is -0.748 e. The fraction of sp³-hybridized carbons (Fsp3) is 0.944. The van der Waals surface area contributed by atoms with Gasteiger partial charge in [0.25, 0.3) is 0 Å². The predicted molar refractivity (Wildman–Crippen MR) is 103 cm³/mol. The van der Waals surface area contributed by atoms with Crippen LogP contribution in [0.15, 0.2) is 0 Å². The van der Waals surface area contributed by atoms with Gasteiger partial charge in [0.15, 0.2) is 0 Å². The fourth-order valence-electron chi connectivity index (χ4n) is 3.23. The smallest absolute Gasteiger partial charge is 0.748 e. The normalized spacial score (nSPS) is 13.2. The number of hydrogen-bond donors (Lipinski definition) is 0. The Balaban J connectivity index is -0.00000131. The third kappa shape index (κ3) is 27.2. The topological polar surface area (TPSA) is 164 Å². The van der Waals surface area contributed by atoms with Gasteiger partial charge < -0.3 is 19.0 Å². The van der Waals surface area contributed by atoms with Gasteiger partial charge in [-0.25, -0.2) is 16.8 Å². The Kier molecular flexibility index (Phi) is 34.4. The standard InChI is InChI=1S/C18H36O9S2.3K/c1-2-3-4-5-7-10-13-16(27-29(24,25)26)17(28(21,22)23)14-11-8-6-9-12-15-18(19)20;;;/h16-17H,2-15H2,1H3,(H,19,20)(H,21,22,23)(H,24,25,26);;;/q;3*+1/p-3. The van der Waals surface area contributed by atoms with E-state index in [4.69, 9.17) is 0 Å². The van der Waals surface area contributed by atoms with Gasteiger partial charge in [0.05, 0.1) is 11.4 Å². The summed E-state index contributed by atoms with van der Waals surface area (Å²) in [5, 5.41) is 8.73. The third-order valence-corrected chi connectivity index (χ3v) is 6.50. The van der Waals surface area contributed by atoms with Crippen molar-refractivity contribution in [2.75, 3.05) is 0 Å². The van der Waals surface area contributed by atoms with E-state index >= 15 is 0 Å². The molecule has 0 aliphatic heterocycles. The van der Waals surface area contributed by atoms with Crippen LogP contribution in [0.25, 0.3) is 0 Å². The number of carbonyl (C=O) groups is 1. The van der Waals surface area contributed by atoms with Crippen molar-refractivity contribution in [3.8, 4) is 0 Å². The van der Waals surface area contributed by atoms with Crippen molar-refractivity contribution in [1.82, 2.24) is 0 Å². The summed E-state index contributed by atoms with van der Waals surface area (Å²) in [5.74, 6) is -1.13. The van der Waals surface area contributed by atoms with Gasteiger partial charge >= 0.3 is 154 Å². The monoisotopic (exact) mass is 574 g/mol. The maximum Gasteiger partial charge on any atom is 1.00 e. The summed E-state index contributed by atoms with van der Waals surface area (Å²) in [6.45, 7) is 2.07. The Bertz CT molecular complexity index is 659. The molecule has 2 unspecified atom stereocenters. The van der Waals surface area contributed by atoms with Crippen molar-refractivity contribution in [1.29, 1.82) is 0 Å². The molecule has 0 aliphatic carbocycles. The van der Waals surface area contributed by atoms with Gasteiger partial charge in [-0.2, -0.15) is 0 Å². The molecule has 0 amide bonds. The third-order valence-electron chi connectivity index (χ3n) is 4.74. The van der Waals surface area contributed by atoms with Gasteiger partial charge in [-0.1, -0.05) is 71.1 Å². The van der Waals surface area contributed by atoms with Gasteiger partial charge in [0.1, 0.15) is 10.1 Å². The van der Waals surface area contributed by atoms with E-state index in [1.54, 1.807) is 0 Å². The van der Waals surface area contributed by atoms with Crippen molar-refractivity contribution in [3.63, 3.8) is 0 Å². The van der Waals surface area contributed by atoms with Crippen LogP contribution in [0.5, 0.6) is 0 Å². The van der Waals surface area contributed by atoms with Crippen LogP contribution in [0.4, 0.5) is 0 Å². The minimum atomic E-state index is -5.15. The van der Waals surface area contributed by atoms with Gasteiger partial charge in [-0.15, -0.1) is 0 Å². The average Bonchev–Trinajstić information content (AvgIpc) is 2.57. The summed E-state index contributed by atoms with van der Waals surface area (Å²) >= 11 is 0. The molecule has 174 valence electrons. The zero-order chi connectivity index (χ0) is 22.3. The van der Waals surface area contributed by atoms with Gasteiger partial charge in [-0.3, -0.25) is 4.18 Å². The number of carboxylic acids is 1. The maximum absolute atomic E-state index is 11.7. The van der Waals surface area contributed by atoms with E-state index in [0.717, 1.165) is 32.1 Å². The summed E-state index contributed by atoms with van der Waals surface area (Å²) < 4.78 is 72.5. The van der Waals surface area contributed by atoms with Crippen molar-refractivity contribution in [2.45, 2.75) is 108 Å². The van der Waals surface area contributed by atoms with E-state index in [9.17, 15) is 35.8 Å². The second-order valence-corrected chi connectivity index (χ2v) is 9.91. The zero-order valence-electron chi connectivity index (χ0n) is 20.0. The molecule has 0 aliphatic rings. The van der Waals surface area contributed by atoms with Crippen molar-refractivity contribution >= 4 is 26.5 Å². The van der Waals surface area contributed by atoms with Crippen molar-refractivity contribution in [2.24, 2.45) is 0 Å². The molecule has 2 atom stereocenters. The second-order valence-electron chi connectivity index (χ2n) is 7.31. The molecule has 0 fully saturated rings. The summed E-state index contributed by atoms with van der Waals surface area (Å²) in [4.78, 5) is 10.3. The van der Waals surface area contributed by atoms with Gasteiger partial charge in [0.2, 0.25) is 10.4 Å². The first-order chi connectivity index (χ1) is 13.5. The Morgan fingerprint density at radius 2 is 1.19 bits per heavy atom. The molecule has 0 rings (SSSR count). The molecule has 0 radical (unpaired) electrons. The molecule has 9 nitrogen and oxygen atoms in total. The average molecular weight is 575 g/mol. The van der Waals surface area contributed by atoms with E-state index in [2.05, 4.69) is 11.1 Å². The molecule has 0 N–H and O–H groups in total. The molecule has 0 spiro atoms. The molecule has 0 saturated heterocycles. The van der Waals surface area contributed by atoms with Crippen LogP contribution in [-0.4, -0.2) is 43.3 Å². The summed E-state index contributed by atoms with van der Waals surface area (Å²) in [7, 11) is -10.0. The molecular weight excluding hydrogens is 542 g/mol. The number of carbonyl (C=O) groups excluding carboxylic acids is 1. The number of unbranched alkanes of at least 4 members (excludes halogenated alkanes) is 9. The van der Waals surface area contributed by atoms with E-state index in [1.165, 1.54) is 0 Å². The summed E-state index contributed by atoms with van der Waals surface area (Å²) in [6, 6.07) is 0. The molecule has 0 saturated carbocycles. The molecule has 0 heterocycles. The number of rotatable bonds is 19. The Labute approximate surface area is 321 Å². The number of hydrogen-bond acceptors (Lipinski definition) is 9. The molecular formula is C18H33K3O9S2. The summed E-state index contributed by atoms with van der Waals surface area (Å²) in [5.41, 5.74) is 0. The van der Waals surface area contributed by atoms with Crippen LogP contribution in [0, 0.1) is 0 Å². The van der Waals surface area contributed by atoms with E-state index in [1.807, 2.05) is 0 Å². The van der Waals surface area contributed by atoms with Crippen LogP contribution in [-0.2, 0) is 29.5 Å². The predicted octanol–water partition coefficient (Wildman–Crippen LogP) is -7.01. The van der Waals surface area contributed by atoms with E-state index in [-0.39, 0.29) is 173 Å². The van der Waals surface area contributed by atoms with E-state index in [0.29, 0.717) is 38.5 Å². The van der Waals surface area contributed by atoms with Crippen LogP contribution < -0.4 is 159 Å². The van der Waals surface area contributed by atoms with Crippen LogP contribution in [0.3, 0.4) is 0 Å². The fourth-order valence-corrected chi connectivity index (χ4v) is 4.86. The first-order valence-corrected chi connectivity index (χ1v) is 13.1. The van der Waals surface area contributed by atoms with Crippen LogP contribution in [0.2, 0.25) is 0 Å². The van der Waals surface area contributed by atoms with Gasteiger partial charge in [-0.05, 0) is 25.7 Å². The number of carboxylic acid groups (broad SMARTS) is 1. The van der Waals surface area contributed by atoms with Gasteiger partial charge in [0, 0.05) is 5.97 Å². The molecule has 0 aromatic carbocycles. The Morgan fingerprint density at radius 3 is 1.62 bits per heavy atom. The second kappa shape index (κ2) is 25.4. The molecule has 0 aromatic rings. The quantitative estimate of drug-likeness (QED) is 0.0631. The minimum absolute atomic E-state index is 0. The Morgan fingerprint density at radius 1 is 0.750 bits per heavy atom. The van der Waals surface area contributed by atoms with Crippen molar-refractivity contribution < 1.29 is 194 Å². The SMILES string of the molecule is CCCCCCCCC(OS(=O)(=O)[O-])C(CCCCCCCC(=O)[O-])S(=O)(=O)[O-].[K+].[K+].[K+]. The maximum atomic E-state index is 11.7. The first kappa shape index (κ1) is 43.2. The van der Waals surface area contributed by atoms with E-state index < -0.39 is 37.8 Å². The molecule has 32 heavy (non-hydrogen) atoms. The zero-order valence-corrected chi connectivity index (χ0v) is 31.0. The Hall–Kier alpha value is 4.16. The van der Waals surface area contributed by atoms with Crippen molar-refractivity contribution in [3.05, 3.63) is 0 Å². The molecule has 14 heteroatoms. The molecule has 0 bridgehead atoms.